The highest BCUT2D eigenvalue weighted by molar-refractivity contribution is 5.41. The molecule has 0 aromatic rings. The molecule has 3 rings (SSSR count). The summed E-state index contributed by atoms with van der Waals surface area (Å²) in [4.78, 5) is 0. The van der Waals surface area contributed by atoms with Gasteiger partial charge < -0.3 is 10.2 Å². The zero-order valence-electron chi connectivity index (χ0n) is 19.8. The van der Waals surface area contributed by atoms with Gasteiger partial charge in [0.1, 0.15) is 0 Å². The van der Waals surface area contributed by atoms with Crippen molar-refractivity contribution in [2.45, 2.75) is 104 Å². The van der Waals surface area contributed by atoms with E-state index in [4.69, 9.17) is 0 Å². The summed E-state index contributed by atoms with van der Waals surface area (Å²) in [5.74, 6) is 2.20. The topological polar surface area (TPSA) is 40.5 Å². The second-order valence-electron chi connectivity index (χ2n) is 11.4. The lowest BCUT2D eigenvalue weighted by Gasteiger charge is -2.44. The summed E-state index contributed by atoms with van der Waals surface area (Å²) in [5, 5.41) is 20.2. The van der Waals surface area contributed by atoms with Crippen molar-refractivity contribution in [2.24, 2.45) is 23.2 Å². The van der Waals surface area contributed by atoms with Crippen LogP contribution in [0.1, 0.15) is 91.9 Å². The molecule has 0 spiro atoms. The second-order valence-corrected chi connectivity index (χ2v) is 11.4. The van der Waals surface area contributed by atoms with Gasteiger partial charge in [-0.05, 0) is 98.7 Å². The molecule has 0 amide bonds. The predicted molar refractivity (Wildman–Crippen MR) is 127 cm³/mol. The molecule has 0 aromatic carbocycles. The molecule has 0 heterocycles. The zero-order chi connectivity index (χ0) is 22.1. The maximum Gasteiger partial charge on any atom is 0.0791 e. The van der Waals surface area contributed by atoms with Crippen LogP contribution in [0, 0.1) is 23.2 Å². The smallest absolute Gasteiger partial charge is 0.0791 e. The summed E-state index contributed by atoms with van der Waals surface area (Å²) in [6.07, 6.45) is 15.3. The van der Waals surface area contributed by atoms with Crippen molar-refractivity contribution in [3.63, 3.8) is 0 Å². The molecule has 2 N–H and O–H groups in total. The highest BCUT2D eigenvalue weighted by atomic mass is 16.3. The van der Waals surface area contributed by atoms with Crippen LogP contribution in [-0.4, -0.2) is 21.9 Å². The molecular weight excluding hydrogens is 368 g/mol. The molecule has 3 aliphatic carbocycles. The summed E-state index contributed by atoms with van der Waals surface area (Å²) in [6.45, 7) is 17.0. The van der Waals surface area contributed by atoms with Crippen molar-refractivity contribution >= 4 is 0 Å². The van der Waals surface area contributed by atoms with Gasteiger partial charge in [0.25, 0.3) is 0 Å². The van der Waals surface area contributed by atoms with E-state index in [9.17, 15) is 10.2 Å². The van der Waals surface area contributed by atoms with Gasteiger partial charge in [-0.3, -0.25) is 0 Å². The Hall–Kier alpha value is -1.12. The third kappa shape index (κ3) is 5.19. The molecule has 168 valence electrons. The Morgan fingerprint density at radius 3 is 2.67 bits per heavy atom. The number of hydrogen-bond donors (Lipinski definition) is 2. The average Bonchev–Trinajstić information content (AvgIpc) is 3.00. The fraction of sp³-hybridized carbons (Fsp3) is 0.714. The van der Waals surface area contributed by atoms with Crippen LogP contribution < -0.4 is 0 Å². The van der Waals surface area contributed by atoms with Gasteiger partial charge in [-0.15, -0.1) is 0 Å². The van der Waals surface area contributed by atoms with E-state index in [1.807, 2.05) is 13.8 Å². The normalized spacial score (nSPS) is 36.4. The van der Waals surface area contributed by atoms with Gasteiger partial charge in [0.05, 0.1) is 11.7 Å². The highest BCUT2D eigenvalue weighted by Crippen LogP contribution is 2.60. The second kappa shape index (κ2) is 9.17. The molecule has 0 aliphatic heterocycles. The van der Waals surface area contributed by atoms with Crippen molar-refractivity contribution in [3.8, 4) is 0 Å². The lowest BCUT2D eigenvalue weighted by Crippen LogP contribution is -2.36. The summed E-state index contributed by atoms with van der Waals surface area (Å²) in [6, 6.07) is 0. The number of allylic oxidation sites excluding steroid dienone is 4. The van der Waals surface area contributed by atoms with E-state index in [1.54, 1.807) is 5.57 Å². The number of rotatable bonds is 6. The number of hydrogen-bond acceptors (Lipinski definition) is 2. The van der Waals surface area contributed by atoms with Crippen LogP contribution in [-0.2, 0) is 0 Å². The zero-order valence-corrected chi connectivity index (χ0v) is 19.8. The van der Waals surface area contributed by atoms with E-state index < -0.39 is 11.7 Å². The predicted octanol–water partition coefficient (Wildman–Crippen LogP) is 6.90. The van der Waals surface area contributed by atoms with Gasteiger partial charge in [0.15, 0.2) is 0 Å². The molecule has 3 aliphatic rings. The van der Waals surface area contributed by atoms with Gasteiger partial charge in [-0.2, -0.15) is 0 Å². The van der Waals surface area contributed by atoms with Crippen molar-refractivity contribution in [2.75, 3.05) is 0 Å². The van der Waals surface area contributed by atoms with Gasteiger partial charge in [-0.25, -0.2) is 0 Å². The SMILES string of the molecule is C=C1CC(=C)C(O)C/C1=C\C=C1/CCCC2(C)C1CCC2C(C)CCCC(C)(C)O. The molecule has 2 heteroatoms. The quantitative estimate of drug-likeness (QED) is 0.466. The maximum absolute atomic E-state index is 10.2. The van der Waals surface area contributed by atoms with E-state index in [0.29, 0.717) is 17.8 Å². The van der Waals surface area contributed by atoms with E-state index in [0.717, 1.165) is 42.2 Å². The van der Waals surface area contributed by atoms with Crippen LogP contribution in [0.25, 0.3) is 0 Å². The van der Waals surface area contributed by atoms with Gasteiger partial charge >= 0.3 is 0 Å². The van der Waals surface area contributed by atoms with E-state index >= 15 is 0 Å². The third-order valence-corrected chi connectivity index (χ3v) is 8.45. The van der Waals surface area contributed by atoms with Gasteiger partial charge in [-0.1, -0.05) is 57.6 Å². The minimum absolute atomic E-state index is 0.411. The van der Waals surface area contributed by atoms with Gasteiger partial charge in [0, 0.05) is 6.42 Å². The average molecular weight is 413 g/mol. The van der Waals surface area contributed by atoms with Crippen molar-refractivity contribution in [1.82, 2.24) is 0 Å². The first kappa shape index (κ1) is 23.5. The number of aliphatic hydroxyl groups excluding tert-OH is 1. The van der Waals surface area contributed by atoms with Crippen molar-refractivity contribution in [3.05, 3.63) is 47.6 Å². The van der Waals surface area contributed by atoms with Crippen molar-refractivity contribution in [1.29, 1.82) is 0 Å². The Balaban J connectivity index is 1.69. The van der Waals surface area contributed by atoms with E-state index in [2.05, 4.69) is 39.2 Å². The van der Waals surface area contributed by atoms with Crippen LogP contribution in [0.4, 0.5) is 0 Å². The van der Waals surface area contributed by atoms with Gasteiger partial charge in [0.2, 0.25) is 0 Å². The Kier molecular flexibility index (Phi) is 7.19. The molecule has 0 bridgehead atoms. The standard InChI is InChI=1S/C28H44O2/c1-19(9-7-15-27(4,5)30)24-13-14-25-22(10-8-16-28(24,25)6)11-12-23-18-26(29)21(3)17-20(23)2/h11-12,19,24-26,29-30H,2-3,7-10,13-18H2,1,4-6H3/b22-11+,23-12+. The Labute approximate surface area is 184 Å². The first-order chi connectivity index (χ1) is 14.0. The Morgan fingerprint density at radius 1 is 1.23 bits per heavy atom. The van der Waals surface area contributed by atoms with Crippen LogP contribution in [0.5, 0.6) is 0 Å². The summed E-state index contributed by atoms with van der Waals surface area (Å²) < 4.78 is 0. The van der Waals surface area contributed by atoms with Crippen LogP contribution in [0.3, 0.4) is 0 Å². The molecule has 30 heavy (non-hydrogen) atoms. The fourth-order valence-electron chi connectivity index (χ4n) is 6.67. The number of aliphatic hydroxyl groups is 2. The molecule has 3 saturated carbocycles. The highest BCUT2D eigenvalue weighted by Gasteiger charge is 2.50. The molecule has 2 nitrogen and oxygen atoms in total. The number of fused-ring (bicyclic) bond motifs is 1. The largest absolute Gasteiger partial charge is 0.390 e. The lowest BCUT2D eigenvalue weighted by atomic mass is 9.60. The lowest BCUT2D eigenvalue weighted by molar-refractivity contribution is 0.0596. The molecular formula is C28H44O2. The fourth-order valence-corrected chi connectivity index (χ4v) is 6.67. The van der Waals surface area contributed by atoms with E-state index in [1.165, 1.54) is 44.1 Å². The molecule has 0 saturated heterocycles. The van der Waals surface area contributed by atoms with Crippen LogP contribution in [0.2, 0.25) is 0 Å². The Morgan fingerprint density at radius 2 is 1.97 bits per heavy atom. The summed E-state index contributed by atoms with van der Waals surface area (Å²) in [5.41, 5.74) is 4.70. The molecule has 0 radical (unpaired) electrons. The first-order valence-corrected chi connectivity index (χ1v) is 12.2. The monoisotopic (exact) mass is 412 g/mol. The van der Waals surface area contributed by atoms with E-state index in [-0.39, 0.29) is 0 Å². The molecule has 3 fully saturated rings. The minimum atomic E-state index is -0.543. The summed E-state index contributed by atoms with van der Waals surface area (Å²) in [7, 11) is 0. The van der Waals surface area contributed by atoms with Crippen molar-refractivity contribution < 1.29 is 10.2 Å². The molecule has 5 unspecified atom stereocenters. The van der Waals surface area contributed by atoms with Crippen LogP contribution >= 0.6 is 0 Å². The minimum Gasteiger partial charge on any atom is -0.390 e. The Bertz CT molecular complexity index is 719. The first-order valence-electron chi connectivity index (χ1n) is 12.2. The van der Waals surface area contributed by atoms with Crippen LogP contribution in [0.15, 0.2) is 47.6 Å². The maximum atomic E-state index is 10.2. The molecule has 0 aromatic heterocycles. The summed E-state index contributed by atoms with van der Waals surface area (Å²) >= 11 is 0. The third-order valence-electron chi connectivity index (χ3n) is 8.45. The molecule has 5 atom stereocenters.